The van der Waals surface area contributed by atoms with E-state index in [2.05, 4.69) is 19.9 Å². The topological polar surface area (TPSA) is 69.4 Å². The van der Waals surface area contributed by atoms with Gasteiger partial charge in [-0.25, -0.2) is 0 Å². The quantitative estimate of drug-likeness (QED) is 0.644. The van der Waals surface area contributed by atoms with Gasteiger partial charge in [0.05, 0.1) is 13.2 Å². The number of rotatable bonds is 2. The fraction of sp³-hybridized carbons (Fsp3) is 0.556. The van der Waals surface area contributed by atoms with Crippen LogP contribution >= 0.6 is 0 Å². The fourth-order valence-electron chi connectivity index (χ4n) is 2.28. The molecule has 1 aromatic carbocycles. The summed E-state index contributed by atoms with van der Waals surface area (Å²) >= 11 is 0. The SMILES string of the molecule is CC.Cc1cc(C(C)C)ccc1C(=N)OC(=N)N1CCOCC1. The Kier molecular flexibility index (Phi) is 7.75. The lowest BCUT2D eigenvalue weighted by molar-refractivity contribution is 0.0605. The zero-order valence-corrected chi connectivity index (χ0v) is 14.9. The van der Waals surface area contributed by atoms with E-state index in [4.69, 9.17) is 20.3 Å². The van der Waals surface area contributed by atoms with E-state index in [-0.39, 0.29) is 11.9 Å². The Hall–Kier alpha value is -1.88. The summed E-state index contributed by atoms with van der Waals surface area (Å²) in [5, 5.41) is 16.0. The molecule has 1 aliphatic rings. The minimum absolute atomic E-state index is 0.0237. The van der Waals surface area contributed by atoms with E-state index in [1.54, 1.807) is 4.90 Å². The van der Waals surface area contributed by atoms with Crippen LogP contribution in [0.5, 0.6) is 0 Å². The molecule has 1 aliphatic heterocycles. The second kappa shape index (κ2) is 9.30. The van der Waals surface area contributed by atoms with Crippen molar-refractivity contribution >= 4 is 11.9 Å². The first-order chi connectivity index (χ1) is 11.0. The Morgan fingerprint density at radius 2 is 1.78 bits per heavy atom. The van der Waals surface area contributed by atoms with E-state index in [0.717, 1.165) is 11.1 Å². The molecular weight excluding hydrogens is 290 g/mol. The van der Waals surface area contributed by atoms with E-state index in [1.807, 2.05) is 32.9 Å². The van der Waals surface area contributed by atoms with Crippen LogP contribution in [0.2, 0.25) is 0 Å². The van der Waals surface area contributed by atoms with E-state index in [9.17, 15) is 0 Å². The maximum absolute atomic E-state index is 8.08. The molecule has 0 radical (unpaired) electrons. The first-order valence-electron chi connectivity index (χ1n) is 8.27. The van der Waals surface area contributed by atoms with Gasteiger partial charge in [0.1, 0.15) is 0 Å². The highest BCUT2D eigenvalue weighted by Crippen LogP contribution is 2.19. The summed E-state index contributed by atoms with van der Waals surface area (Å²) in [6.45, 7) is 12.7. The highest BCUT2D eigenvalue weighted by Gasteiger charge is 2.18. The molecule has 0 amide bonds. The molecule has 5 heteroatoms. The Labute approximate surface area is 139 Å². The maximum atomic E-state index is 8.08. The van der Waals surface area contributed by atoms with Crippen molar-refractivity contribution in [2.45, 2.75) is 40.5 Å². The van der Waals surface area contributed by atoms with Crippen LogP contribution < -0.4 is 0 Å². The lowest BCUT2D eigenvalue weighted by Crippen LogP contribution is -2.42. The average molecular weight is 319 g/mol. The number of hydrogen-bond donors (Lipinski definition) is 2. The molecule has 0 spiro atoms. The van der Waals surface area contributed by atoms with Gasteiger partial charge in [-0.15, -0.1) is 0 Å². The molecule has 2 N–H and O–H groups in total. The fourth-order valence-corrected chi connectivity index (χ4v) is 2.28. The summed E-state index contributed by atoms with van der Waals surface area (Å²) < 4.78 is 10.6. The summed E-state index contributed by atoms with van der Waals surface area (Å²) in [6.07, 6.45) is 0. The molecule has 1 heterocycles. The second-order valence-electron chi connectivity index (χ2n) is 5.56. The van der Waals surface area contributed by atoms with Crippen LogP contribution in [0.4, 0.5) is 0 Å². The minimum atomic E-state index is 0.0237. The lowest BCUT2D eigenvalue weighted by atomic mass is 9.98. The van der Waals surface area contributed by atoms with Crippen molar-refractivity contribution in [3.8, 4) is 0 Å². The first kappa shape index (κ1) is 19.2. The predicted molar refractivity (Wildman–Crippen MR) is 94.6 cm³/mol. The van der Waals surface area contributed by atoms with Crippen LogP contribution in [-0.2, 0) is 9.47 Å². The summed E-state index contributed by atoms with van der Waals surface area (Å²) in [6, 6.07) is 6.02. The minimum Gasteiger partial charge on any atom is -0.407 e. The van der Waals surface area contributed by atoms with Crippen LogP contribution in [0, 0.1) is 17.7 Å². The summed E-state index contributed by atoms with van der Waals surface area (Å²) in [5.74, 6) is 0.485. The van der Waals surface area contributed by atoms with Crippen molar-refractivity contribution in [3.05, 3.63) is 34.9 Å². The monoisotopic (exact) mass is 319 g/mol. The second-order valence-corrected chi connectivity index (χ2v) is 5.56. The third kappa shape index (κ3) is 5.36. The van der Waals surface area contributed by atoms with Crippen molar-refractivity contribution in [1.29, 1.82) is 10.8 Å². The number of amidine groups is 1. The summed E-state index contributed by atoms with van der Waals surface area (Å²) in [4.78, 5) is 1.79. The van der Waals surface area contributed by atoms with Crippen molar-refractivity contribution in [2.75, 3.05) is 26.3 Å². The predicted octanol–water partition coefficient (Wildman–Crippen LogP) is 3.75. The molecule has 0 aliphatic carbocycles. The van der Waals surface area contributed by atoms with Crippen molar-refractivity contribution < 1.29 is 9.47 Å². The van der Waals surface area contributed by atoms with Crippen molar-refractivity contribution in [2.24, 2.45) is 0 Å². The van der Waals surface area contributed by atoms with Crippen LogP contribution in [0.3, 0.4) is 0 Å². The molecule has 23 heavy (non-hydrogen) atoms. The Bertz CT molecular complexity index is 535. The van der Waals surface area contributed by atoms with Gasteiger partial charge in [0.15, 0.2) is 0 Å². The molecule has 0 saturated carbocycles. The molecule has 0 atom stereocenters. The van der Waals surface area contributed by atoms with Crippen LogP contribution in [0.1, 0.15) is 50.3 Å². The maximum Gasteiger partial charge on any atom is 0.291 e. The van der Waals surface area contributed by atoms with Crippen LogP contribution in [0.15, 0.2) is 18.2 Å². The smallest absolute Gasteiger partial charge is 0.291 e. The molecule has 1 saturated heterocycles. The van der Waals surface area contributed by atoms with Gasteiger partial charge in [-0.3, -0.25) is 10.8 Å². The van der Waals surface area contributed by atoms with Crippen LogP contribution in [0.25, 0.3) is 0 Å². The van der Waals surface area contributed by atoms with E-state index in [0.29, 0.717) is 32.2 Å². The van der Waals surface area contributed by atoms with Gasteiger partial charge in [-0.1, -0.05) is 39.8 Å². The normalized spacial score (nSPS) is 14.1. The average Bonchev–Trinajstić information content (AvgIpc) is 2.57. The summed E-state index contributed by atoms with van der Waals surface area (Å²) in [7, 11) is 0. The standard InChI is InChI=1S/C16H23N3O2.C2H6/c1-11(2)13-4-5-14(12(3)10-13)15(17)21-16(18)19-6-8-20-9-7-19;1-2/h4-5,10-11,17-18H,6-9H2,1-3H3;1-2H3. The Morgan fingerprint density at radius 3 is 2.30 bits per heavy atom. The number of aryl methyl sites for hydroxylation is 1. The van der Waals surface area contributed by atoms with Gasteiger partial charge in [-0.05, 0) is 30.0 Å². The first-order valence-corrected chi connectivity index (χ1v) is 8.27. The number of morpholine rings is 1. The van der Waals surface area contributed by atoms with Gasteiger partial charge < -0.3 is 14.4 Å². The molecule has 128 valence electrons. The zero-order chi connectivity index (χ0) is 17.4. The molecule has 2 rings (SSSR count). The van der Waals surface area contributed by atoms with Gasteiger partial charge >= 0.3 is 0 Å². The summed E-state index contributed by atoms with van der Waals surface area (Å²) in [5.41, 5.74) is 2.98. The largest absolute Gasteiger partial charge is 0.407 e. The van der Waals surface area contributed by atoms with E-state index < -0.39 is 0 Å². The molecule has 0 unspecified atom stereocenters. The molecule has 0 bridgehead atoms. The van der Waals surface area contributed by atoms with E-state index in [1.165, 1.54) is 5.56 Å². The van der Waals surface area contributed by atoms with Gasteiger partial charge in [0.2, 0.25) is 5.90 Å². The third-order valence-electron chi connectivity index (χ3n) is 3.66. The van der Waals surface area contributed by atoms with Gasteiger partial charge in [0.25, 0.3) is 6.02 Å². The number of hydrogen-bond acceptors (Lipinski definition) is 4. The molecular formula is C18H29N3O2. The Balaban J connectivity index is 0.00000127. The van der Waals surface area contributed by atoms with Crippen molar-refractivity contribution in [3.63, 3.8) is 0 Å². The van der Waals surface area contributed by atoms with Crippen molar-refractivity contribution in [1.82, 2.24) is 4.90 Å². The highest BCUT2D eigenvalue weighted by molar-refractivity contribution is 5.99. The molecule has 1 aromatic rings. The number of nitrogens with one attached hydrogen (secondary N) is 2. The zero-order valence-electron chi connectivity index (χ0n) is 14.9. The highest BCUT2D eigenvalue weighted by atomic mass is 16.5. The van der Waals surface area contributed by atoms with E-state index >= 15 is 0 Å². The van der Waals surface area contributed by atoms with Gasteiger partial charge in [0, 0.05) is 18.7 Å². The lowest BCUT2D eigenvalue weighted by Gasteiger charge is -2.28. The molecule has 1 fully saturated rings. The van der Waals surface area contributed by atoms with Gasteiger partial charge in [-0.2, -0.15) is 0 Å². The van der Waals surface area contributed by atoms with Crippen LogP contribution in [-0.4, -0.2) is 43.1 Å². The number of ether oxygens (including phenoxy) is 2. The number of benzene rings is 1. The third-order valence-corrected chi connectivity index (χ3v) is 3.66. The molecule has 0 aromatic heterocycles. The Morgan fingerprint density at radius 1 is 1.17 bits per heavy atom. The molecule has 5 nitrogen and oxygen atoms in total. The number of nitrogens with zero attached hydrogens (tertiary/aromatic N) is 1.